The Morgan fingerprint density at radius 2 is 0.531 bits per heavy atom. The minimum Gasteiger partial charge on any atom is -0.0801 e. The molecule has 1 aliphatic rings. The third-order valence-electron chi connectivity index (χ3n) is 6.52. The molecule has 0 heterocycles. The fourth-order valence-corrected chi connectivity index (χ4v) is 5.00. The Hall–Kier alpha value is -3.64. The van der Waals surface area contributed by atoms with Crippen molar-refractivity contribution in [1.82, 2.24) is 0 Å². The Kier molecular flexibility index (Phi) is 6.12. The van der Waals surface area contributed by atoms with Crippen LogP contribution in [0.3, 0.4) is 0 Å². The minimum atomic E-state index is 0.317. The van der Waals surface area contributed by atoms with Crippen LogP contribution in [0.1, 0.15) is 34.1 Å². The zero-order chi connectivity index (χ0) is 21.6. The summed E-state index contributed by atoms with van der Waals surface area (Å²) in [5, 5.41) is 0. The van der Waals surface area contributed by atoms with Gasteiger partial charge in [-0.25, -0.2) is 0 Å². The first-order valence-corrected chi connectivity index (χ1v) is 11.5. The van der Waals surface area contributed by atoms with Crippen LogP contribution in [-0.4, -0.2) is 0 Å². The summed E-state index contributed by atoms with van der Waals surface area (Å²) in [5.41, 5.74) is 5.44. The molecule has 0 amide bonds. The van der Waals surface area contributed by atoms with E-state index in [0.717, 1.165) is 0 Å². The second-order valence-corrected chi connectivity index (χ2v) is 8.52. The molecular weight excluding hydrogens is 384 g/mol. The maximum Gasteiger partial charge on any atom is 0.0187 e. The van der Waals surface area contributed by atoms with Crippen molar-refractivity contribution in [3.8, 4) is 0 Å². The van der Waals surface area contributed by atoms with Gasteiger partial charge in [0.2, 0.25) is 0 Å². The molecule has 5 rings (SSSR count). The van der Waals surface area contributed by atoms with Crippen molar-refractivity contribution in [1.29, 1.82) is 0 Å². The number of benzene rings is 4. The third-order valence-corrected chi connectivity index (χ3v) is 6.52. The molecule has 0 bridgehead atoms. The van der Waals surface area contributed by atoms with Crippen LogP contribution < -0.4 is 0 Å². The molecule has 0 aliphatic heterocycles. The Morgan fingerprint density at radius 3 is 0.750 bits per heavy atom. The minimum absolute atomic E-state index is 0.317. The van der Waals surface area contributed by atoms with Gasteiger partial charge in [0.05, 0.1) is 0 Å². The van der Waals surface area contributed by atoms with E-state index in [0.29, 0.717) is 23.7 Å². The summed E-state index contributed by atoms with van der Waals surface area (Å²) < 4.78 is 0. The molecule has 0 N–H and O–H groups in total. The second-order valence-electron chi connectivity index (χ2n) is 8.52. The smallest absolute Gasteiger partial charge is 0.0187 e. The van der Waals surface area contributed by atoms with E-state index in [2.05, 4.69) is 146 Å². The highest BCUT2D eigenvalue weighted by atomic mass is 14.3. The molecule has 0 fully saturated rings. The Balaban J connectivity index is 1.48. The molecule has 0 saturated heterocycles. The highest BCUT2D eigenvalue weighted by Crippen LogP contribution is 2.40. The van der Waals surface area contributed by atoms with Gasteiger partial charge in [0.25, 0.3) is 0 Å². The third kappa shape index (κ3) is 4.36. The van der Waals surface area contributed by atoms with E-state index >= 15 is 0 Å². The summed E-state index contributed by atoms with van der Waals surface area (Å²) in [6.45, 7) is 0. The van der Waals surface area contributed by atoms with Crippen molar-refractivity contribution in [3.63, 3.8) is 0 Å². The van der Waals surface area contributed by atoms with E-state index in [9.17, 15) is 0 Å². The molecule has 156 valence electrons. The van der Waals surface area contributed by atoms with Crippen LogP contribution >= 0.6 is 0 Å². The van der Waals surface area contributed by atoms with Gasteiger partial charge in [-0.2, -0.15) is 0 Å². The largest absolute Gasteiger partial charge is 0.0801 e. The lowest BCUT2D eigenvalue weighted by Gasteiger charge is -2.30. The number of rotatable bonds is 6. The molecule has 0 radical (unpaired) electrons. The maximum absolute atomic E-state index is 2.42. The Bertz CT molecular complexity index is 970. The van der Waals surface area contributed by atoms with E-state index in [1.807, 2.05) is 0 Å². The SMILES string of the molecule is C1=CC(C(c2ccccc2)c2ccccc2)C=CC1C(c1ccccc1)c1ccccc1. The maximum atomic E-state index is 2.42. The summed E-state index contributed by atoms with van der Waals surface area (Å²) in [4.78, 5) is 0. The summed E-state index contributed by atoms with van der Waals surface area (Å²) in [6, 6.07) is 43.6. The van der Waals surface area contributed by atoms with Crippen molar-refractivity contribution in [2.24, 2.45) is 11.8 Å². The molecule has 1 aliphatic carbocycles. The predicted molar refractivity (Wildman–Crippen MR) is 135 cm³/mol. The number of hydrogen-bond donors (Lipinski definition) is 0. The van der Waals surface area contributed by atoms with Crippen LogP contribution in [0.5, 0.6) is 0 Å². The van der Waals surface area contributed by atoms with Gasteiger partial charge in [-0.3, -0.25) is 0 Å². The fraction of sp³-hybridized carbons (Fsp3) is 0.125. The van der Waals surface area contributed by atoms with Gasteiger partial charge in [0, 0.05) is 23.7 Å². The summed E-state index contributed by atoms with van der Waals surface area (Å²) in [7, 11) is 0. The lowest BCUT2D eigenvalue weighted by Crippen LogP contribution is -2.17. The van der Waals surface area contributed by atoms with E-state index in [-0.39, 0.29) is 0 Å². The van der Waals surface area contributed by atoms with Crippen LogP contribution in [0.2, 0.25) is 0 Å². The molecular formula is C32H28. The van der Waals surface area contributed by atoms with E-state index < -0.39 is 0 Å². The molecule has 0 atom stereocenters. The van der Waals surface area contributed by atoms with Gasteiger partial charge < -0.3 is 0 Å². The number of allylic oxidation sites excluding steroid dienone is 4. The molecule has 32 heavy (non-hydrogen) atoms. The lowest BCUT2D eigenvalue weighted by molar-refractivity contribution is 0.619. The van der Waals surface area contributed by atoms with Gasteiger partial charge in [0.1, 0.15) is 0 Å². The van der Waals surface area contributed by atoms with Gasteiger partial charge in [-0.15, -0.1) is 0 Å². The van der Waals surface area contributed by atoms with Crippen molar-refractivity contribution >= 4 is 0 Å². The van der Waals surface area contributed by atoms with Gasteiger partial charge in [0.15, 0.2) is 0 Å². The fourth-order valence-electron chi connectivity index (χ4n) is 5.00. The average Bonchev–Trinajstić information content (AvgIpc) is 2.88. The predicted octanol–water partition coefficient (Wildman–Crippen LogP) is 8.01. The van der Waals surface area contributed by atoms with Crippen LogP contribution in [0.4, 0.5) is 0 Å². The molecule has 4 aromatic rings. The van der Waals surface area contributed by atoms with E-state index in [1.54, 1.807) is 0 Å². The highest BCUT2D eigenvalue weighted by Gasteiger charge is 2.27. The van der Waals surface area contributed by atoms with Crippen LogP contribution in [0.25, 0.3) is 0 Å². The highest BCUT2D eigenvalue weighted by molar-refractivity contribution is 5.40. The van der Waals surface area contributed by atoms with Crippen LogP contribution in [-0.2, 0) is 0 Å². The first kappa shape index (κ1) is 20.3. The average molecular weight is 413 g/mol. The summed E-state index contributed by atoms with van der Waals surface area (Å²) in [5.74, 6) is 1.31. The molecule has 0 saturated carbocycles. The first-order chi connectivity index (χ1) is 15.9. The molecule has 0 nitrogen and oxygen atoms in total. The van der Waals surface area contributed by atoms with Crippen molar-refractivity contribution < 1.29 is 0 Å². The molecule has 0 aromatic heterocycles. The normalized spacial score (nSPS) is 17.7. The first-order valence-electron chi connectivity index (χ1n) is 11.5. The quantitative estimate of drug-likeness (QED) is 0.281. The summed E-state index contributed by atoms with van der Waals surface area (Å²) in [6.07, 6.45) is 9.70. The Morgan fingerprint density at radius 1 is 0.312 bits per heavy atom. The topological polar surface area (TPSA) is 0 Å². The monoisotopic (exact) mass is 412 g/mol. The molecule has 0 unspecified atom stereocenters. The number of hydrogen-bond acceptors (Lipinski definition) is 0. The van der Waals surface area contributed by atoms with Crippen LogP contribution in [0.15, 0.2) is 146 Å². The Labute approximate surface area is 191 Å². The van der Waals surface area contributed by atoms with Crippen LogP contribution in [0, 0.1) is 11.8 Å². The van der Waals surface area contributed by atoms with Crippen molar-refractivity contribution in [2.75, 3.05) is 0 Å². The standard InChI is InChI=1S/C32H28/c1-5-13-25(14-6-1)31(26-15-7-2-8-16-26)29-21-23-30(24-22-29)32(27-17-9-3-10-18-27)28-19-11-4-12-20-28/h1-24,29-32H. The van der Waals surface area contributed by atoms with E-state index in [4.69, 9.17) is 0 Å². The van der Waals surface area contributed by atoms with Crippen molar-refractivity contribution in [2.45, 2.75) is 11.8 Å². The van der Waals surface area contributed by atoms with Gasteiger partial charge in [-0.05, 0) is 22.3 Å². The van der Waals surface area contributed by atoms with E-state index in [1.165, 1.54) is 22.3 Å². The molecule has 0 heteroatoms. The zero-order valence-electron chi connectivity index (χ0n) is 18.2. The van der Waals surface area contributed by atoms with Crippen molar-refractivity contribution in [3.05, 3.63) is 168 Å². The molecule has 0 spiro atoms. The van der Waals surface area contributed by atoms with Gasteiger partial charge >= 0.3 is 0 Å². The zero-order valence-corrected chi connectivity index (χ0v) is 18.2. The summed E-state index contributed by atoms with van der Waals surface area (Å²) >= 11 is 0. The van der Waals surface area contributed by atoms with Gasteiger partial charge in [-0.1, -0.05) is 146 Å². The molecule has 4 aromatic carbocycles. The second kappa shape index (κ2) is 9.66. The lowest BCUT2D eigenvalue weighted by atomic mass is 9.74.